The number of carbonyl (C=O) groups is 3. The largest absolute Gasteiger partial charge is 0.494 e. The molecule has 0 aliphatic heterocycles. The van der Waals surface area contributed by atoms with E-state index in [1.807, 2.05) is 0 Å². The molecule has 0 spiro atoms. The molecule has 2 aromatic carbocycles. The number of Topliss-reactive ketones (excluding diaryl/α,β-unsaturated/α-hetero) is 1. The monoisotopic (exact) mass is 403 g/mol. The Labute approximate surface area is 168 Å². The number of unbranched alkanes of at least 4 members (excludes halogenated alkanes) is 1. The van der Waals surface area contributed by atoms with Gasteiger partial charge in [-0.25, -0.2) is 0 Å². The molecule has 0 aromatic heterocycles. The lowest BCUT2D eigenvalue weighted by atomic mass is 10.1. The van der Waals surface area contributed by atoms with Gasteiger partial charge in [0, 0.05) is 16.1 Å². The number of benzene rings is 2. The van der Waals surface area contributed by atoms with Gasteiger partial charge in [-0.3, -0.25) is 14.4 Å². The van der Waals surface area contributed by atoms with E-state index in [2.05, 4.69) is 12.2 Å². The summed E-state index contributed by atoms with van der Waals surface area (Å²) < 4.78 is 10.4. The highest BCUT2D eigenvalue weighted by Gasteiger charge is 2.12. The van der Waals surface area contributed by atoms with E-state index >= 15 is 0 Å². The van der Waals surface area contributed by atoms with Gasteiger partial charge in [0.15, 0.2) is 12.4 Å². The van der Waals surface area contributed by atoms with E-state index in [-0.39, 0.29) is 12.3 Å². The topological polar surface area (TPSA) is 81.7 Å². The molecule has 0 atom stereocenters. The molecule has 0 saturated carbocycles. The predicted molar refractivity (Wildman–Crippen MR) is 106 cm³/mol. The molecule has 0 unspecified atom stereocenters. The summed E-state index contributed by atoms with van der Waals surface area (Å²) in [5.41, 5.74) is 0.787. The fourth-order valence-electron chi connectivity index (χ4n) is 2.21. The minimum atomic E-state index is -0.699. The van der Waals surface area contributed by atoms with Gasteiger partial charge in [-0.1, -0.05) is 24.9 Å². The average Bonchev–Trinajstić information content (AvgIpc) is 2.71. The fourth-order valence-corrected chi connectivity index (χ4v) is 2.33. The maximum absolute atomic E-state index is 12.1. The molecule has 0 aliphatic rings. The zero-order valence-electron chi connectivity index (χ0n) is 15.6. The Bertz CT molecular complexity index is 803. The lowest BCUT2D eigenvalue weighted by molar-refractivity contribution is -0.141. The number of hydrogen-bond acceptors (Lipinski definition) is 5. The summed E-state index contributed by atoms with van der Waals surface area (Å²) in [6.45, 7) is 1.97. The number of nitrogens with one attached hydrogen (secondary N) is 1. The summed E-state index contributed by atoms with van der Waals surface area (Å²) >= 11 is 5.76. The lowest BCUT2D eigenvalue weighted by Crippen LogP contribution is -2.31. The van der Waals surface area contributed by atoms with Crippen LogP contribution in [0.1, 0.15) is 40.5 Å². The van der Waals surface area contributed by atoms with Crippen LogP contribution in [0.25, 0.3) is 0 Å². The molecule has 2 rings (SSSR count). The summed E-state index contributed by atoms with van der Waals surface area (Å²) in [5, 5.41) is 2.97. The van der Waals surface area contributed by atoms with Gasteiger partial charge in [-0.05, 0) is 55.0 Å². The Morgan fingerprint density at radius 3 is 2.25 bits per heavy atom. The first kappa shape index (κ1) is 21.4. The minimum absolute atomic E-state index is 0.332. The van der Waals surface area contributed by atoms with Gasteiger partial charge in [-0.15, -0.1) is 0 Å². The van der Waals surface area contributed by atoms with Crippen LogP contribution in [0.5, 0.6) is 5.75 Å². The second-order valence-corrected chi connectivity index (χ2v) is 6.44. The van der Waals surface area contributed by atoms with Crippen molar-refractivity contribution in [1.82, 2.24) is 5.32 Å². The fraction of sp³-hybridized carbons (Fsp3) is 0.286. The smallest absolute Gasteiger partial charge is 0.325 e. The van der Waals surface area contributed by atoms with Crippen molar-refractivity contribution in [2.24, 2.45) is 0 Å². The zero-order chi connectivity index (χ0) is 20.4. The third kappa shape index (κ3) is 7.04. The molecular formula is C21H22ClNO5. The first-order chi connectivity index (χ1) is 13.5. The highest BCUT2D eigenvalue weighted by atomic mass is 35.5. The molecule has 0 heterocycles. The van der Waals surface area contributed by atoms with E-state index in [4.69, 9.17) is 21.1 Å². The first-order valence-corrected chi connectivity index (χ1v) is 9.33. The molecule has 0 fully saturated rings. The number of esters is 1. The number of carbonyl (C=O) groups excluding carboxylic acids is 3. The molecule has 148 valence electrons. The molecule has 0 aliphatic carbocycles. The Morgan fingerprint density at radius 1 is 0.964 bits per heavy atom. The van der Waals surface area contributed by atoms with Crippen LogP contribution >= 0.6 is 11.6 Å². The normalized spacial score (nSPS) is 10.2. The Kier molecular flexibility index (Phi) is 8.49. The molecular weight excluding hydrogens is 382 g/mol. The number of ketones is 1. The van der Waals surface area contributed by atoms with Crippen molar-refractivity contribution in [2.45, 2.75) is 19.8 Å². The Balaban J connectivity index is 1.73. The highest BCUT2D eigenvalue weighted by molar-refractivity contribution is 6.30. The second-order valence-electron chi connectivity index (χ2n) is 6.00. The van der Waals surface area contributed by atoms with Gasteiger partial charge in [0.2, 0.25) is 0 Å². The summed E-state index contributed by atoms with van der Waals surface area (Å²) in [6.07, 6.45) is 2.01. The van der Waals surface area contributed by atoms with Crippen molar-refractivity contribution in [3.05, 3.63) is 64.7 Å². The molecule has 1 N–H and O–H groups in total. The standard InChI is InChI=1S/C21H22ClNO5/c1-2-3-12-27-18-10-6-16(7-11-18)21(26)23-13-20(25)28-14-19(24)15-4-8-17(22)9-5-15/h4-11H,2-3,12-14H2,1H3,(H,23,26). The van der Waals surface area contributed by atoms with Gasteiger partial charge >= 0.3 is 5.97 Å². The summed E-state index contributed by atoms with van der Waals surface area (Å²) in [4.78, 5) is 35.7. The Hall–Kier alpha value is -2.86. The maximum atomic E-state index is 12.1. The van der Waals surface area contributed by atoms with Crippen LogP contribution in [-0.2, 0) is 9.53 Å². The molecule has 1 amide bonds. The molecule has 7 heteroatoms. The third-order valence-corrected chi connectivity index (χ3v) is 4.06. The second kappa shape index (κ2) is 11.1. The quantitative estimate of drug-likeness (QED) is 0.372. The van der Waals surface area contributed by atoms with Crippen molar-refractivity contribution in [1.29, 1.82) is 0 Å². The van der Waals surface area contributed by atoms with Crippen molar-refractivity contribution in [3.63, 3.8) is 0 Å². The van der Waals surface area contributed by atoms with E-state index < -0.39 is 18.5 Å². The molecule has 2 aromatic rings. The van der Waals surface area contributed by atoms with E-state index in [1.54, 1.807) is 48.5 Å². The highest BCUT2D eigenvalue weighted by Crippen LogP contribution is 2.13. The minimum Gasteiger partial charge on any atom is -0.494 e. The zero-order valence-corrected chi connectivity index (χ0v) is 16.3. The summed E-state index contributed by atoms with van der Waals surface area (Å²) in [6, 6.07) is 12.9. The number of rotatable bonds is 10. The van der Waals surface area contributed by atoms with Gasteiger partial charge in [0.25, 0.3) is 5.91 Å². The van der Waals surface area contributed by atoms with Crippen LogP contribution in [0.3, 0.4) is 0 Å². The van der Waals surface area contributed by atoms with Gasteiger partial charge in [0.05, 0.1) is 6.61 Å². The van der Waals surface area contributed by atoms with E-state index in [0.29, 0.717) is 28.5 Å². The average molecular weight is 404 g/mol. The van der Waals surface area contributed by atoms with Crippen molar-refractivity contribution < 1.29 is 23.9 Å². The number of halogens is 1. The van der Waals surface area contributed by atoms with Crippen LogP contribution in [0.2, 0.25) is 5.02 Å². The van der Waals surface area contributed by atoms with Crippen LogP contribution in [0, 0.1) is 0 Å². The molecule has 28 heavy (non-hydrogen) atoms. The summed E-state index contributed by atoms with van der Waals surface area (Å²) in [5.74, 6) is -0.781. The van der Waals surface area contributed by atoms with E-state index in [1.165, 1.54) is 0 Å². The first-order valence-electron chi connectivity index (χ1n) is 8.95. The molecule has 0 saturated heterocycles. The maximum Gasteiger partial charge on any atom is 0.325 e. The molecule has 0 bridgehead atoms. The van der Waals surface area contributed by atoms with Crippen LogP contribution in [0.15, 0.2) is 48.5 Å². The van der Waals surface area contributed by atoms with Crippen LogP contribution in [-0.4, -0.2) is 37.4 Å². The SMILES string of the molecule is CCCCOc1ccc(C(=O)NCC(=O)OCC(=O)c2ccc(Cl)cc2)cc1. The number of ether oxygens (including phenoxy) is 2. The predicted octanol–water partition coefficient (Wildman–Crippen LogP) is 3.67. The number of hydrogen-bond donors (Lipinski definition) is 1. The molecule has 6 nitrogen and oxygen atoms in total. The van der Waals surface area contributed by atoms with Crippen LogP contribution < -0.4 is 10.1 Å². The van der Waals surface area contributed by atoms with Gasteiger partial charge < -0.3 is 14.8 Å². The van der Waals surface area contributed by atoms with E-state index in [9.17, 15) is 14.4 Å². The van der Waals surface area contributed by atoms with Crippen molar-refractivity contribution in [2.75, 3.05) is 19.8 Å². The van der Waals surface area contributed by atoms with Gasteiger partial charge in [0.1, 0.15) is 12.3 Å². The third-order valence-electron chi connectivity index (χ3n) is 3.81. The van der Waals surface area contributed by atoms with Crippen molar-refractivity contribution >= 4 is 29.3 Å². The number of amides is 1. The van der Waals surface area contributed by atoms with Gasteiger partial charge in [-0.2, -0.15) is 0 Å². The Morgan fingerprint density at radius 2 is 1.61 bits per heavy atom. The lowest BCUT2D eigenvalue weighted by Gasteiger charge is -2.08. The van der Waals surface area contributed by atoms with Crippen molar-refractivity contribution in [3.8, 4) is 5.75 Å². The molecule has 0 radical (unpaired) electrons. The van der Waals surface area contributed by atoms with E-state index in [0.717, 1.165) is 12.8 Å². The van der Waals surface area contributed by atoms with Crippen LogP contribution in [0.4, 0.5) is 0 Å². The summed E-state index contributed by atoms with van der Waals surface area (Å²) in [7, 11) is 0.